The highest BCUT2D eigenvalue weighted by Gasteiger charge is 2.05. The van der Waals surface area contributed by atoms with Crippen LogP contribution in [0.1, 0.15) is 9.75 Å². The van der Waals surface area contributed by atoms with E-state index in [0.717, 1.165) is 5.69 Å². The number of nitrogens with one attached hydrogen (secondary N) is 1. The van der Waals surface area contributed by atoms with Crippen molar-refractivity contribution in [2.75, 3.05) is 0 Å². The van der Waals surface area contributed by atoms with Crippen molar-refractivity contribution in [3.8, 4) is 11.3 Å². The van der Waals surface area contributed by atoms with Crippen molar-refractivity contribution in [2.45, 2.75) is 13.8 Å². The molecule has 0 aliphatic heterocycles. The highest BCUT2D eigenvalue weighted by Crippen LogP contribution is 2.28. The average molecular weight is 178 g/mol. The first-order valence-electron chi connectivity index (χ1n) is 3.83. The van der Waals surface area contributed by atoms with Crippen molar-refractivity contribution in [2.24, 2.45) is 0 Å². The third-order valence-corrected chi connectivity index (χ3v) is 2.80. The van der Waals surface area contributed by atoms with E-state index in [2.05, 4.69) is 29.9 Å². The van der Waals surface area contributed by atoms with Crippen LogP contribution in [0.4, 0.5) is 0 Å². The summed E-state index contributed by atoms with van der Waals surface area (Å²) in [5.41, 5.74) is 2.38. The zero-order chi connectivity index (χ0) is 8.55. The number of aromatic nitrogens is 2. The molecule has 3 heteroatoms. The van der Waals surface area contributed by atoms with Gasteiger partial charge in [0.2, 0.25) is 0 Å². The number of aromatic amines is 1. The predicted molar refractivity (Wildman–Crippen MR) is 51.4 cm³/mol. The molecule has 0 spiro atoms. The Labute approximate surface area is 75.3 Å². The van der Waals surface area contributed by atoms with E-state index in [4.69, 9.17) is 0 Å². The van der Waals surface area contributed by atoms with Crippen LogP contribution >= 0.6 is 11.3 Å². The minimum Gasteiger partial charge on any atom is -0.345 e. The first kappa shape index (κ1) is 7.55. The second-order valence-electron chi connectivity index (χ2n) is 2.79. The van der Waals surface area contributed by atoms with Crippen LogP contribution < -0.4 is 0 Å². The molecule has 0 saturated heterocycles. The van der Waals surface area contributed by atoms with Gasteiger partial charge in [-0.25, -0.2) is 4.98 Å². The van der Waals surface area contributed by atoms with Gasteiger partial charge in [-0.15, -0.1) is 11.3 Å². The van der Waals surface area contributed by atoms with Crippen LogP contribution in [0.15, 0.2) is 18.6 Å². The van der Waals surface area contributed by atoms with Gasteiger partial charge in [0.15, 0.2) is 0 Å². The monoisotopic (exact) mass is 178 g/mol. The molecule has 0 fully saturated rings. The van der Waals surface area contributed by atoms with Gasteiger partial charge in [0.1, 0.15) is 0 Å². The third-order valence-electron chi connectivity index (χ3n) is 1.83. The van der Waals surface area contributed by atoms with E-state index in [1.54, 1.807) is 6.33 Å². The van der Waals surface area contributed by atoms with E-state index in [1.165, 1.54) is 15.3 Å². The molecule has 2 heterocycles. The van der Waals surface area contributed by atoms with Crippen molar-refractivity contribution < 1.29 is 0 Å². The first-order valence-corrected chi connectivity index (χ1v) is 4.65. The van der Waals surface area contributed by atoms with Crippen molar-refractivity contribution in [3.05, 3.63) is 28.3 Å². The number of hydrogen-bond acceptors (Lipinski definition) is 2. The molecule has 2 aromatic heterocycles. The maximum Gasteiger partial charge on any atom is 0.0924 e. The van der Waals surface area contributed by atoms with Gasteiger partial charge in [-0.3, -0.25) is 0 Å². The summed E-state index contributed by atoms with van der Waals surface area (Å²) in [6.07, 6.45) is 3.57. The largest absolute Gasteiger partial charge is 0.345 e. The van der Waals surface area contributed by atoms with E-state index in [-0.39, 0.29) is 0 Å². The maximum absolute atomic E-state index is 4.00. The fraction of sp³-hybridized carbons (Fsp3) is 0.222. The number of H-pyrrole nitrogens is 1. The van der Waals surface area contributed by atoms with Crippen molar-refractivity contribution in [3.63, 3.8) is 0 Å². The lowest BCUT2D eigenvalue weighted by Crippen LogP contribution is -1.73. The molecule has 0 aliphatic rings. The molecule has 2 aromatic rings. The SMILES string of the molecule is Cc1cc(-c2cnc[nH]2)c(C)s1. The molecule has 0 amide bonds. The topological polar surface area (TPSA) is 28.7 Å². The molecular formula is C9H10N2S. The fourth-order valence-corrected chi connectivity index (χ4v) is 2.24. The first-order chi connectivity index (χ1) is 5.77. The van der Waals surface area contributed by atoms with Crippen LogP contribution in [0.25, 0.3) is 11.3 Å². The van der Waals surface area contributed by atoms with Crippen LogP contribution in [-0.2, 0) is 0 Å². The van der Waals surface area contributed by atoms with Crippen LogP contribution in [0, 0.1) is 13.8 Å². The summed E-state index contributed by atoms with van der Waals surface area (Å²) in [5.74, 6) is 0. The molecule has 0 bridgehead atoms. The van der Waals surface area contributed by atoms with Gasteiger partial charge in [-0.2, -0.15) is 0 Å². The van der Waals surface area contributed by atoms with Crippen LogP contribution in [-0.4, -0.2) is 9.97 Å². The summed E-state index contributed by atoms with van der Waals surface area (Å²) in [5, 5.41) is 0. The lowest BCUT2D eigenvalue weighted by atomic mass is 10.2. The van der Waals surface area contributed by atoms with Gasteiger partial charge in [0.05, 0.1) is 18.2 Å². The molecular weight excluding hydrogens is 168 g/mol. The van der Waals surface area contributed by atoms with Gasteiger partial charge in [-0.1, -0.05) is 0 Å². The van der Waals surface area contributed by atoms with Crippen LogP contribution in [0.3, 0.4) is 0 Å². The van der Waals surface area contributed by atoms with E-state index < -0.39 is 0 Å². The molecule has 62 valence electrons. The van der Waals surface area contributed by atoms with E-state index in [0.29, 0.717) is 0 Å². The van der Waals surface area contributed by atoms with Crippen LogP contribution in [0.5, 0.6) is 0 Å². The Hall–Kier alpha value is -1.09. The second-order valence-corrected chi connectivity index (χ2v) is 4.25. The molecule has 0 radical (unpaired) electrons. The summed E-state index contributed by atoms with van der Waals surface area (Å²) in [6, 6.07) is 2.19. The highest BCUT2D eigenvalue weighted by molar-refractivity contribution is 7.12. The normalized spacial score (nSPS) is 10.5. The summed E-state index contributed by atoms with van der Waals surface area (Å²) in [4.78, 5) is 9.79. The number of imidazole rings is 1. The maximum atomic E-state index is 4.00. The van der Waals surface area contributed by atoms with Crippen molar-refractivity contribution >= 4 is 11.3 Å². The average Bonchev–Trinajstić information content (AvgIpc) is 2.58. The van der Waals surface area contributed by atoms with Gasteiger partial charge in [0, 0.05) is 15.3 Å². The summed E-state index contributed by atoms with van der Waals surface area (Å²) in [6.45, 7) is 4.26. The zero-order valence-electron chi connectivity index (χ0n) is 7.09. The Balaban J connectivity index is 2.54. The molecule has 0 unspecified atom stereocenters. The van der Waals surface area contributed by atoms with Crippen molar-refractivity contribution in [1.82, 2.24) is 9.97 Å². The smallest absolute Gasteiger partial charge is 0.0924 e. The minimum atomic E-state index is 1.11. The Morgan fingerprint density at radius 3 is 2.75 bits per heavy atom. The van der Waals surface area contributed by atoms with Gasteiger partial charge in [0.25, 0.3) is 0 Å². The predicted octanol–water partition coefficient (Wildman–Crippen LogP) is 2.76. The lowest BCUT2D eigenvalue weighted by Gasteiger charge is -1.92. The molecule has 12 heavy (non-hydrogen) atoms. The fourth-order valence-electron chi connectivity index (χ4n) is 1.30. The Bertz CT molecular complexity index is 373. The number of rotatable bonds is 1. The third kappa shape index (κ3) is 1.16. The lowest BCUT2D eigenvalue weighted by molar-refractivity contribution is 1.31. The molecule has 2 nitrogen and oxygen atoms in total. The quantitative estimate of drug-likeness (QED) is 0.714. The Kier molecular flexibility index (Phi) is 1.73. The number of thiophene rings is 1. The van der Waals surface area contributed by atoms with Gasteiger partial charge >= 0.3 is 0 Å². The minimum absolute atomic E-state index is 1.11. The highest BCUT2D eigenvalue weighted by atomic mass is 32.1. The van der Waals surface area contributed by atoms with E-state index >= 15 is 0 Å². The molecule has 1 N–H and O–H groups in total. The Morgan fingerprint density at radius 1 is 1.42 bits per heavy atom. The summed E-state index contributed by atoms with van der Waals surface area (Å²) in [7, 11) is 0. The number of hydrogen-bond donors (Lipinski definition) is 1. The van der Waals surface area contributed by atoms with E-state index in [1.807, 2.05) is 17.5 Å². The van der Waals surface area contributed by atoms with E-state index in [9.17, 15) is 0 Å². The summed E-state index contributed by atoms with van der Waals surface area (Å²) >= 11 is 1.82. The Morgan fingerprint density at radius 2 is 2.25 bits per heavy atom. The summed E-state index contributed by atoms with van der Waals surface area (Å²) < 4.78 is 0. The van der Waals surface area contributed by atoms with Gasteiger partial charge in [-0.05, 0) is 19.9 Å². The van der Waals surface area contributed by atoms with Crippen LogP contribution in [0.2, 0.25) is 0 Å². The molecule has 0 aliphatic carbocycles. The van der Waals surface area contributed by atoms with Gasteiger partial charge < -0.3 is 4.98 Å². The molecule has 0 aromatic carbocycles. The number of nitrogens with zero attached hydrogens (tertiary/aromatic N) is 1. The van der Waals surface area contributed by atoms with Crippen molar-refractivity contribution in [1.29, 1.82) is 0 Å². The number of aryl methyl sites for hydroxylation is 2. The standard InChI is InChI=1S/C9H10N2S/c1-6-3-8(7(2)12-6)9-4-10-5-11-9/h3-5H,1-2H3,(H,10,11). The molecule has 0 atom stereocenters. The second kappa shape index (κ2) is 2.75. The molecule has 0 saturated carbocycles. The zero-order valence-corrected chi connectivity index (χ0v) is 7.90. The molecule has 2 rings (SSSR count).